The van der Waals surface area contributed by atoms with Gasteiger partial charge in [-0.15, -0.1) is 10.2 Å². The van der Waals surface area contributed by atoms with E-state index in [4.69, 9.17) is 0 Å². The zero-order valence-corrected chi connectivity index (χ0v) is 13.7. The fourth-order valence-corrected chi connectivity index (χ4v) is 3.77. The summed E-state index contributed by atoms with van der Waals surface area (Å²) in [5, 5.41) is 19.7. The topological polar surface area (TPSA) is 90.0 Å². The molecular formula is C16H20N6O2. The van der Waals surface area contributed by atoms with Crippen LogP contribution >= 0.6 is 0 Å². The highest BCUT2D eigenvalue weighted by atomic mass is 16.6. The van der Waals surface area contributed by atoms with E-state index < -0.39 is 0 Å². The number of anilines is 1. The van der Waals surface area contributed by atoms with Crippen molar-refractivity contribution in [3.63, 3.8) is 0 Å². The molecular weight excluding hydrogens is 308 g/mol. The van der Waals surface area contributed by atoms with Crippen LogP contribution in [0.2, 0.25) is 0 Å². The SMILES string of the molecule is Cc1cc(N2CCCC(c3nnc4n3CCC4)C2)ncc1[N+](=O)[O-]. The van der Waals surface area contributed by atoms with Crippen molar-refractivity contribution < 1.29 is 4.92 Å². The number of nitrogens with zero attached hydrogens (tertiary/aromatic N) is 6. The minimum Gasteiger partial charge on any atom is -0.356 e. The third-order valence-electron chi connectivity index (χ3n) is 5.01. The van der Waals surface area contributed by atoms with E-state index >= 15 is 0 Å². The van der Waals surface area contributed by atoms with Gasteiger partial charge in [-0.1, -0.05) is 0 Å². The second kappa shape index (κ2) is 5.85. The van der Waals surface area contributed by atoms with Crippen molar-refractivity contribution in [1.29, 1.82) is 0 Å². The summed E-state index contributed by atoms with van der Waals surface area (Å²) in [6.45, 7) is 4.53. The number of fused-ring (bicyclic) bond motifs is 1. The molecule has 1 fully saturated rings. The highest BCUT2D eigenvalue weighted by Crippen LogP contribution is 2.31. The fourth-order valence-electron chi connectivity index (χ4n) is 3.77. The molecule has 0 N–H and O–H groups in total. The Morgan fingerprint density at radius 3 is 2.96 bits per heavy atom. The van der Waals surface area contributed by atoms with E-state index in [9.17, 15) is 10.1 Å². The van der Waals surface area contributed by atoms with Crippen LogP contribution in [0.4, 0.5) is 11.5 Å². The van der Waals surface area contributed by atoms with E-state index in [0.717, 1.165) is 62.8 Å². The Morgan fingerprint density at radius 2 is 2.17 bits per heavy atom. The van der Waals surface area contributed by atoms with Crippen LogP contribution in [-0.4, -0.2) is 37.8 Å². The van der Waals surface area contributed by atoms with Crippen molar-refractivity contribution in [2.75, 3.05) is 18.0 Å². The van der Waals surface area contributed by atoms with Crippen molar-refractivity contribution in [3.8, 4) is 0 Å². The van der Waals surface area contributed by atoms with Crippen molar-refractivity contribution in [2.45, 2.75) is 45.1 Å². The molecule has 2 aliphatic rings. The highest BCUT2D eigenvalue weighted by molar-refractivity contribution is 5.49. The zero-order chi connectivity index (χ0) is 16.7. The Hall–Kier alpha value is -2.51. The highest BCUT2D eigenvalue weighted by Gasteiger charge is 2.29. The Morgan fingerprint density at radius 1 is 1.29 bits per heavy atom. The molecule has 0 spiro atoms. The van der Waals surface area contributed by atoms with E-state index in [1.54, 1.807) is 6.92 Å². The average molecular weight is 328 g/mol. The van der Waals surface area contributed by atoms with Crippen molar-refractivity contribution in [3.05, 3.63) is 39.6 Å². The molecule has 1 unspecified atom stereocenters. The van der Waals surface area contributed by atoms with Crippen LogP contribution in [0.15, 0.2) is 12.3 Å². The first-order chi connectivity index (χ1) is 11.6. The minimum atomic E-state index is -0.384. The molecule has 24 heavy (non-hydrogen) atoms. The van der Waals surface area contributed by atoms with E-state index in [0.29, 0.717) is 11.5 Å². The number of aromatic nitrogens is 4. The number of hydrogen-bond acceptors (Lipinski definition) is 6. The van der Waals surface area contributed by atoms with Gasteiger partial charge in [0.25, 0.3) is 5.69 Å². The number of rotatable bonds is 3. The molecule has 4 rings (SSSR count). The summed E-state index contributed by atoms with van der Waals surface area (Å²) in [5.74, 6) is 3.34. The first-order valence-corrected chi connectivity index (χ1v) is 8.41. The first-order valence-electron chi connectivity index (χ1n) is 8.41. The molecule has 0 aromatic carbocycles. The molecule has 0 bridgehead atoms. The van der Waals surface area contributed by atoms with Gasteiger partial charge in [0, 0.05) is 37.5 Å². The lowest BCUT2D eigenvalue weighted by atomic mass is 9.97. The predicted molar refractivity (Wildman–Crippen MR) is 88.2 cm³/mol. The third-order valence-corrected chi connectivity index (χ3v) is 5.01. The normalized spacial score (nSPS) is 20.2. The van der Waals surface area contributed by atoms with Gasteiger partial charge >= 0.3 is 0 Å². The molecule has 8 nitrogen and oxygen atoms in total. The van der Waals surface area contributed by atoms with E-state index in [-0.39, 0.29) is 10.6 Å². The molecule has 1 saturated heterocycles. The maximum absolute atomic E-state index is 11.0. The number of aryl methyl sites for hydroxylation is 2. The maximum atomic E-state index is 11.0. The lowest BCUT2D eigenvalue weighted by Crippen LogP contribution is -2.36. The molecule has 0 amide bonds. The summed E-state index contributed by atoms with van der Waals surface area (Å²) in [6, 6.07) is 1.81. The fraction of sp³-hybridized carbons (Fsp3) is 0.562. The summed E-state index contributed by atoms with van der Waals surface area (Å²) in [5.41, 5.74) is 0.720. The van der Waals surface area contributed by atoms with Crippen molar-refractivity contribution >= 4 is 11.5 Å². The van der Waals surface area contributed by atoms with Crippen LogP contribution in [0.1, 0.15) is 42.4 Å². The van der Waals surface area contributed by atoms with Gasteiger partial charge in [-0.2, -0.15) is 0 Å². The third kappa shape index (κ3) is 2.51. The molecule has 2 aromatic rings. The number of hydrogen-bond donors (Lipinski definition) is 0. The lowest BCUT2D eigenvalue weighted by molar-refractivity contribution is -0.385. The van der Waals surface area contributed by atoms with E-state index in [1.165, 1.54) is 6.20 Å². The molecule has 4 heterocycles. The van der Waals surface area contributed by atoms with Crippen molar-refractivity contribution in [1.82, 2.24) is 19.7 Å². The quantitative estimate of drug-likeness (QED) is 0.634. The molecule has 126 valence electrons. The predicted octanol–water partition coefficient (Wildman–Crippen LogP) is 2.22. The largest absolute Gasteiger partial charge is 0.356 e. The van der Waals surface area contributed by atoms with E-state index in [2.05, 4.69) is 24.6 Å². The summed E-state index contributed by atoms with van der Waals surface area (Å²) < 4.78 is 2.27. The zero-order valence-electron chi connectivity index (χ0n) is 13.7. The van der Waals surface area contributed by atoms with Crippen LogP contribution in [0.3, 0.4) is 0 Å². The van der Waals surface area contributed by atoms with Crippen molar-refractivity contribution in [2.24, 2.45) is 0 Å². The Bertz CT molecular complexity index is 787. The van der Waals surface area contributed by atoms with Crippen LogP contribution in [0, 0.1) is 17.0 Å². The van der Waals surface area contributed by atoms with Gasteiger partial charge in [-0.3, -0.25) is 10.1 Å². The van der Waals surface area contributed by atoms with Gasteiger partial charge in [0.2, 0.25) is 0 Å². The Kier molecular flexibility index (Phi) is 3.66. The average Bonchev–Trinajstić information content (AvgIpc) is 3.17. The number of nitro groups is 1. The summed E-state index contributed by atoms with van der Waals surface area (Å²) in [6.07, 6.45) is 5.69. The molecule has 1 atom stereocenters. The van der Waals surface area contributed by atoms with Gasteiger partial charge in [-0.25, -0.2) is 4.98 Å². The molecule has 2 aliphatic heterocycles. The molecule has 8 heteroatoms. The van der Waals surface area contributed by atoms with Crippen LogP contribution in [-0.2, 0) is 13.0 Å². The van der Waals surface area contributed by atoms with Crippen LogP contribution in [0.25, 0.3) is 0 Å². The maximum Gasteiger partial charge on any atom is 0.290 e. The second-order valence-corrected chi connectivity index (χ2v) is 6.60. The molecule has 0 saturated carbocycles. The van der Waals surface area contributed by atoms with E-state index in [1.807, 2.05) is 6.07 Å². The first kappa shape index (κ1) is 15.0. The Balaban J connectivity index is 1.57. The number of piperidine rings is 1. The Labute approximate surface area is 139 Å². The monoisotopic (exact) mass is 328 g/mol. The minimum absolute atomic E-state index is 0.0718. The second-order valence-electron chi connectivity index (χ2n) is 6.60. The molecule has 0 radical (unpaired) electrons. The lowest BCUT2D eigenvalue weighted by Gasteiger charge is -2.33. The molecule has 2 aromatic heterocycles. The number of pyridine rings is 1. The van der Waals surface area contributed by atoms with Gasteiger partial charge in [0.15, 0.2) is 0 Å². The smallest absolute Gasteiger partial charge is 0.290 e. The van der Waals surface area contributed by atoms with Crippen LogP contribution < -0.4 is 4.90 Å². The van der Waals surface area contributed by atoms with Gasteiger partial charge in [0.05, 0.1) is 4.92 Å². The van der Waals surface area contributed by atoms with Crippen LogP contribution in [0.5, 0.6) is 0 Å². The van der Waals surface area contributed by atoms with Gasteiger partial charge in [-0.05, 0) is 32.3 Å². The summed E-state index contributed by atoms with van der Waals surface area (Å²) in [4.78, 5) is 17.1. The van der Waals surface area contributed by atoms with Gasteiger partial charge in [0.1, 0.15) is 23.7 Å². The molecule has 0 aliphatic carbocycles. The summed E-state index contributed by atoms with van der Waals surface area (Å²) in [7, 11) is 0. The van der Waals surface area contributed by atoms with Gasteiger partial charge < -0.3 is 9.47 Å². The summed E-state index contributed by atoms with van der Waals surface area (Å²) >= 11 is 0. The standard InChI is InChI=1S/C16H20N6O2/c1-11-8-15(17-9-13(11)22(23)24)20-6-2-4-12(10-20)16-19-18-14-5-3-7-21(14)16/h8-9,12H,2-7,10H2,1H3.